The summed E-state index contributed by atoms with van der Waals surface area (Å²) in [4.78, 5) is 10.7. The molecule has 1 fully saturated rings. The number of carbonyl (C=O) groups is 1. The first-order chi connectivity index (χ1) is 8.59. The molecule has 0 unspecified atom stereocenters. The maximum absolute atomic E-state index is 10.7. The second kappa shape index (κ2) is 5.54. The molecule has 3 N–H and O–H groups in total. The third-order valence-corrected chi connectivity index (χ3v) is 3.44. The van der Waals surface area contributed by atoms with Gasteiger partial charge >= 0.3 is 5.97 Å². The normalized spacial score (nSPS) is 18.7. The summed E-state index contributed by atoms with van der Waals surface area (Å²) in [6, 6.07) is 1.50. The first kappa shape index (κ1) is 13.1. The van der Waals surface area contributed by atoms with Crippen LogP contribution in [0.4, 0.5) is 0 Å². The van der Waals surface area contributed by atoms with Crippen molar-refractivity contribution >= 4 is 5.97 Å². The molecule has 0 aliphatic heterocycles. The van der Waals surface area contributed by atoms with Crippen LogP contribution in [0.15, 0.2) is 16.7 Å². The zero-order chi connectivity index (χ0) is 13.0. The van der Waals surface area contributed by atoms with Crippen molar-refractivity contribution < 1.29 is 19.4 Å². The number of carboxylic acid groups (broad SMARTS) is 1. The van der Waals surface area contributed by atoms with Crippen molar-refractivity contribution in [3.8, 4) is 0 Å². The van der Waals surface area contributed by atoms with Crippen LogP contribution in [0.3, 0.4) is 0 Å². The number of rotatable bonds is 5. The Morgan fingerprint density at radius 3 is 2.72 bits per heavy atom. The molecule has 1 aliphatic rings. The van der Waals surface area contributed by atoms with Gasteiger partial charge in [0.2, 0.25) is 0 Å². The van der Waals surface area contributed by atoms with E-state index in [1.54, 1.807) is 0 Å². The summed E-state index contributed by atoms with van der Waals surface area (Å²) in [7, 11) is 0. The predicted molar refractivity (Wildman–Crippen MR) is 65.4 cm³/mol. The SMILES string of the molecule is O=C(O)c1coc(CNCC2(O)CCCCC2)c1. The van der Waals surface area contributed by atoms with Crippen LogP contribution >= 0.6 is 0 Å². The van der Waals surface area contributed by atoms with E-state index in [9.17, 15) is 9.90 Å². The number of aromatic carboxylic acids is 1. The van der Waals surface area contributed by atoms with Gasteiger partial charge in [-0.3, -0.25) is 0 Å². The minimum absolute atomic E-state index is 0.156. The van der Waals surface area contributed by atoms with Crippen molar-refractivity contribution in [1.29, 1.82) is 0 Å². The van der Waals surface area contributed by atoms with Crippen LogP contribution in [0.5, 0.6) is 0 Å². The van der Waals surface area contributed by atoms with E-state index in [2.05, 4.69) is 5.32 Å². The molecule has 18 heavy (non-hydrogen) atoms. The largest absolute Gasteiger partial charge is 0.478 e. The van der Waals surface area contributed by atoms with Crippen molar-refractivity contribution in [1.82, 2.24) is 5.32 Å². The van der Waals surface area contributed by atoms with Gasteiger partial charge in [-0.05, 0) is 18.9 Å². The van der Waals surface area contributed by atoms with E-state index >= 15 is 0 Å². The smallest absolute Gasteiger partial charge is 0.338 e. The summed E-state index contributed by atoms with van der Waals surface area (Å²) in [5, 5.41) is 22.1. The van der Waals surface area contributed by atoms with Crippen molar-refractivity contribution in [3.63, 3.8) is 0 Å². The summed E-state index contributed by atoms with van der Waals surface area (Å²) in [6.07, 6.45) is 6.23. The van der Waals surface area contributed by atoms with Gasteiger partial charge in [-0.1, -0.05) is 19.3 Å². The van der Waals surface area contributed by atoms with Gasteiger partial charge in [0.1, 0.15) is 12.0 Å². The van der Waals surface area contributed by atoms with Crippen LogP contribution in [-0.4, -0.2) is 28.3 Å². The second-order valence-electron chi connectivity index (χ2n) is 5.00. The minimum Gasteiger partial charge on any atom is -0.478 e. The minimum atomic E-state index is -0.990. The molecular formula is C13H19NO4. The number of aliphatic hydroxyl groups is 1. The molecule has 0 atom stereocenters. The molecule has 0 saturated heterocycles. The Labute approximate surface area is 106 Å². The maximum atomic E-state index is 10.7. The summed E-state index contributed by atoms with van der Waals surface area (Å²) >= 11 is 0. The Balaban J connectivity index is 1.78. The molecule has 0 spiro atoms. The standard InChI is InChI=1S/C13H19NO4/c15-12(16)10-6-11(18-8-10)7-14-9-13(17)4-2-1-3-5-13/h6,8,14,17H,1-5,7,9H2,(H,15,16). The molecule has 1 saturated carbocycles. The lowest BCUT2D eigenvalue weighted by Crippen LogP contribution is -2.41. The Morgan fingerprint density at radius 1 is 1.39 bits per heavy atom. The highest BCUT2D eigenvalue weighted by molar-refractivity contribution is 5.87. The molecule has 1 aromatic rings. The summed E-state index contributed by atoms with van der Waals surface area (Å²) in [5.41, 5.74) is -0.455. The van der Waals surface area contributed by atoms with Crippen molar-refractivity contribution in [2.24, 2.45) is 0 Å². The number of hydrogen-bond donors (Lipinski definition) is 3. The van der Waals surface area contributed by atoms with E-state index in [1.807, 2.05) is 0 Å². The number of nitrogens with one attached hydrogen (secondary N) is 1. The van der Waals surface area contributed by atoms with Gasteiger partial charge < -0.3 is 19.9 Å². The monoisotopic (exact) mass is 253 g/mol. The zero-order valence-corrected chi connectivity index (χ0v) is 10.3. The molecule has 5 nitrogen and oxygen atoms in total. The van der Waals surface area contributed by atoms with E-state index in [0.29, 0.717) is 18.8 Å². The molecule has 5 heteroatoms. The Morgan fingerprint density at radius 2 is 2.11 bits per heavy atom. The van der Waals surface area contributed by atoms with Crippen LogP contribution in [0.1, 0.15) is 48.2 Å². The highest BCUT2D eigenvalue weighted by Crippen LogP contribution is 2.27. The van der Waals surface area contributed by atoms with Crippen molar-refractivity contribution in [3.05, 3.63) is 23.7 Å². The van der Waals surface area contributed by atoms with Gasteiger partial charge in [0.15, 0.2) is 0 Å². The zero-order valence-electron chi connectivity index (χ0n) is 10.3. The lowest BCUT2D eigenvalue weighted by molar-refractivity contribution is 0.00437. The lowest BCUT2D eigenvalue weighted by Gasteiger charge is -2.32. The number of furan rings is 1. The predicted octanol–water partition coefficient (Wildman–Crippen LogP) is 1.76. The molecule has 100 valence electrons. The van der Waals surface area contributed by atoms with Crippen molar-refractivity contribution in [2.75, 3.05) is 6.54 Å². The molecule has 0 amide bonds. The Bertz CT molecular complexity index is 407. The van der Waals surface area contributed by atoms with Crippen LogP contribution in [0, 0.1) is 0 Å². The average molecular weight is 253 g/mol. The quantitative estimate of drug-likeness (QED) is 0.744. The van der Waals surface area contributed by atoms with E-state index in [1.165, 1.54) is 18.8 Å². The Kier molecular flexibility index (Phi) is 4.04. The van der Waals surface area contributed by atoms with Crippen LogP contribution < -0.4 is 5.32 Å². The molecule has 1 aromatic heterocycles. The molecule has 0 radical (unpaired) electrons. The molecule has 1 aliphatic carbocycles. The van der Waals surface area contributed by atoms with Gasteiger partial charge in [-0.15, -0.1) is 0 Å². The van der Waals surface area contributed by atoms with Gasteiger partial charge in [0.25, 0.3) is 0 Å². The summed E-state index contributed by atoms with van der Waals surface area (Å²) in [6.45, 7) is 0.964. The van der Waals surface area contributed by atoms with Gasteiger partial charge in [-0.25, -0.2) is 4.79 Å². The number of carboxylic acids is 1. The summed E-state index contributed by atoms with van der Waals surface area (Å²) < 4.78 is 5.12. The van der Waals surface area contributed by atoms with Gasteiger partial charge in [0, 0.05) is 6.54 Å². The third-order valence-electron chi connectivity index (χ3n) is 3.44. The van der Waals surface area contributed by atoms with Gasteiger partial charge in [-0.2, -0.15) is 0 Å². The number of hydrogen-bond acceptors (Lipinski definition) is 4. The topological polar surface area (TPSA) is 82.7 Å². The first-order valence-corrected chi connectivity index (χ1v) is 6.33. The van der Waals surface area contributed by atoms with Crippen molar-refractivity contribution in [2.45, 2.75) is 44.2 Å². The molecule has 0 aromatic carbocycles. The molecule has 0 bridgehead atoms. The maximum Gasteiger partial charge on any atom is 0.338 e. The summed E-state index contributed by atoms with van der Waals surface area (Å²) in [5.74, 6) is -0.414. The Hall–Kier alpha value is -1.33. The first-order valence-electron chi connectivity index (χ1n) is 6.33. The average Bonchev–Trinajstić information content (AvgIpc) is 2.78. The second-order valence-corrected chi connectivity index (χ2v) is 5.00. The van der Waals surface area contributed by atoms with E-state index in [0.717, 1.165) is 25.7 Å². The third kappa shape index (κ3) is 3.34. The molecule has 2 rings (SSSR count). The van der Waals surface area contributed by atoms with E-state index < -0.39 is 11.6 Å². The fraction of sp³-hybridized carbons (Fsp3) is 0.615. The van der Waals surface area contributed by atoms with Crippen LogP contribution in [0.25, 0.3) is 0 Å². The van der Waals surface area contributed by atoms with Crippen LogP contribution in [-0.2, 0) is 6.54 Å². The molecular weight excluding hydrogens is 234 g/mol. The highest BCUT2D eigenvalue weighted by atomic mass is 16.4. The highest BCUT2D eigenvalue weighted by Gasteiger charge is 2.28. The van der Waals surface area contributed by atoms with E-state index in [4.69, 9.17) is 9.52 Å². The van der Waals surface area contributed by atoms with E-state index in [-0.39, 0.29) is 5.56 Å². The fourth-order valence-electron chi connectivity index (χ4n) is 2.39. The van der Waals surface area contributed by atoms with Gasteiger partial charge in [0.05, 0.1) is 17.7 Å². The van der Waals surface area contributed by atoms with Crippen LogP contribution in [0.2, 0.25) is 0 Å². The lowest BCUT2D eigenvalue weighted by atomic mass is 9.85. The molecule has 1 heterocycles. The fourth-order valence-corrected chi connectivity index (χ4v) is 2.39.